The van der Waals surface area contributed by atoms with Gasteiger partial charge in [0, 0.05) is 11.6 Å². The van der Waals surface area contributed by atoms with Crippen molar-refractivity contribution in [2.75, 3.05) is 5.75 Å². The predicted octanol–water partition coefficient (Wildman–Crippen LogP) is 1.66. The van der Waals surface area contributed by atoms with E-state index in [1.165, 1.54) is 0 Å². The molecule has 0 radical (unpaired) electrons. The summed E-state index contributed by atoms with van der Waals surface area (Å²) in [6.07, 6.45) is 0.940. The highest BCUT2D eigenvalue weighted by Gasteiger charge is 2.16. The Morgan fingerprint density at radius 2 is 1.94 bits per heavy atom. The molecule has 0 unspecified atom stereocenters. The number of thioether (sulfide) groups is 1. The van der Waals surface area contributed by atoms with Crippen molar-refractivity contribution in [2.24, 2.45) is 10.2 Å². The zero-order valence-electron chi connectivity index (χ0n) is 8.78. The van der Waals surface area contributed by atoms with Gasteiger partial charge in [-0.1, -0.05) is 11.8 Å². The van der Waals surface area contributed by atoms with E-state index in [1.807, 2.05) is 0 Å². The van der Waals surface area contributed by atoms with E-state index in [2.05, 4.69) is 15.5 Å². The molecule has 94 valence electrons. The molecule has 0 atom stereocenters. The zero-order valence-corrected chi connectivity index (χ0v) is 9.60. The fraction of sp³-hybridized carbons (Fsp3) is 0.100. The zero-order chi connectivity index (χ0) is 13.1. The molecule has 0 bridgehead atoms. The molecule has 4 nitrogen and oxygen atoms in total. The minimum atomic E-state index is -1.27. The number of hydrogen-bond acceptors (Lipinski definition) is 4. The van der Waals surface area contributed by atoms with Gasteiger partial charge in [-0.25, -0.2) is 13.2 Å². The van der Waals surface area contributed by atoms with E-state index in [0.717, 1.165) is 18.0 Å². The number of nitrogens with one attached hydrogen (secondary N) is 1. The first-order chi connectivity index (χ1) is 8.56. The van der Waals surface area contributed by atoms with Gasteiger partial charge in [-0.2, -0.15) is 5.10 Å². The van der Waals surface area contributed by atoms with E-state index in [-0.39, 0.29) is 22.4 Å². The van der Waals surface area contributed by atoms with Crippen molar-refractivity contribution in [1.29, 1.82) is 0 Å². The van der Waals surface area contributed by atoms with Crippen molar-refractivity contribution in [3.63, 3.8) is 0 Å². The molecule has 1 heterocycles. The van der Waals surface area contributed by atoms with Gasteiger partial charge in [-0.3, -0.25) is 4.79 Å². The van der Waals surface area contributed by atoms with Crippen LogP contribution in [-0.4, -0.2) is 23.0 Å². The Labute approximate surface area is 104 Å². The van der Waals surface area contributed by atoms with Crippen molar-refractivity contribution >= 4 is 29.1 Å². The summed E-state index contributed by atoms with van der Waals surface area (Å²) in [4.78, 5) is 10.8. The molecular formula is C10H6F3N3OS. The first-order valence-corrected chi connectivity index (χ1v) is 5.73. The average molecular weight is 273 g/mol. The summed E-state index contributed by atoms with van der Waals surface area (Å²) in [5.41, 5.74) is -0.229. The van der Waals surface area contributed by atoms with Crippen molar-refractivity contribution in [2.45, 2.75) is 0 Å². The normalized spacial score (nSPS) is 17.7. The summed E-state index contributed by atoms with van der Waals surface area (Å²) in [6, 6.07) is 1.10. The monoisotopic (exact) mass is 273 g/mol. The number of amidine groups is 1. The van der Waals surface area contributed by atoms with Gasteiger partial charge in [0.05, 0.1) is 12.0 Å². The van der Waals surface area contributed by atoms with Crippen LogP contribution >= 0.6 is 11.8 Å². The molecule has 1 aromatic rings. The Balaban J connectivity index is 2.14. The van der Waals surface area contributed by atoms with E-state index in [0.29, 0.717) is 12.1 Å². The highest BCUT2D eigenvalue weighted by Crippen LogP contribution is 2.12. The van der Waals surface area contributed by atoms with E-state index < -0.39 is 17.5 Å². The smallest absolute Gasteiger partial charge is 0.236 e. The summed E-state index contributed by atoms with van der Waals surface area (Å²) in [7, 11) is 0. The number of halogens is 3. The molecular weight excluding hydrogens is 267 g/mol. The topological polar surface area (TPSA) is 53.8 Å². The van der Waals surface area contributed by atoms with Crippen LogP contribution in [0.2, 0.25) is 0 Å². The molecule has 8 heteroatoms. The molecule has 1 N–H and O–H groups in total. The van der Waals surface area contributed by atoms with Crippen molar-refractivity contribution in [1.82, 2.24) is 5.32 Å². The van der Waals surface area contributed by atoms with Crippen LogP contribution in [0.1, 0.15) is 5.56 Å². The third kappa shape index (κ3) is 2.89. The standard InChI is InChI=1S/C10H6F3N3OS/c11-6-2-8(13)7(12)1-5(6)3-14-16-10-15-9(17)4-18-10/h1-3H,4H2,(H,15,16,17). The molecule has 0 saturated carbocycles. The molecule has 18 heavy (non-hydrogen) atoms. The lowest BCUT2D eigenvalue weighted by Crippen LogP contribution is -2.19. The van der Waals surface area contributed by atoms with Crippen molar-refractivity contribution < 1.29 is 18.0 Å². The van der Waals surface area contributed by atoms with Gasteiger partial charge in [-0.15, -0.1) is 5.10 Å². The minimum absolute atomic E-state index is 0.201. The second kappa shape index (κ2) is 5.21. The Morgan fingerprint density at radius 3 is 2.61 bits per heavy atom. The third-order valence-corrected chi connectivity index (χ3v) is 2.83. The molecule has 0 aromatic heterocycles. The van der Waals surface area contributed by atoms with Gasteiger partial charge in [0.25, 0.3) is 0 Å². The fourth-order valence-electron chi connectivity index (χ4n) is 1.16. The number of carbonyl (C=O) groups excluding carboxylic acids is 1. The highest BCUT2D eigenvalue weighted by molar-refractivity contribution is 8.15. The number of nitrogens with zero attached hydrogens (tertiary/aromatic N) is 2. The second-order valence-corrected chi connectivity index (χ2v) is 4.24. The van der Waals surface area contributed by atoms with Gasteiger partial charge in [0.15, 0.2) is 16.8 Å². The van der Waals surface area contributed by atoms with Crippen LogP contribution in [0.4, 0.5) is 13.2 Å². The van der Waals surface area contributed by atoms with Crippen LogP contribution in [-0.2, 0) is 4.79 Å². The van der Waals surface area contributed by atoms with E-state index in [9.17, 15) is 18.0 Å². The van der Waals surface area contributed by atoms with E-state index in [4.69, 9.17) is 0 Å². The van der Waals surface area contributed by atoms with Gasteiger partial charge in [0.2, 0.25) is 5.91 Å². The Morgan fingerprint density at radius 1 is 1.22 bits per heavy atom. The number of rotatable bonds is 2. The summed E-state index contributed by atoms with van der Waals surface area (Å²) in [6.45, 7) is 0. The molecule has 0 spiro atoms. The van der Waals surface area contributed by atoms with Crippen LogP contribution in [0.25, 0.3) is 0 Å². The van der Waals surface area contributed by atoms with Crippen LogP contribution in [0.15, 0.2) is 22.3 Å². The maximum absolute atomic E-state index is 13.2. The summed E-state index contributed by atoms with van der Waals surface area (Å²) in [5.74, 6) is -3.34. The lowest BCUT2D eigenvalue weighted by molar-refractivity contribution is -0.116. The largest absolute Gasteiger partial charge is 0.303 e. The van der Waals surface area contributed by atoms with E-state index in [1.54, 1.807) is 0 Å². The summed E-state index contributed by atoms with van der Waals surface area (Å²) >= 11 is 1.14. The Bertz CT molecular complexity index is 560. The van der Waals surface area contributed by atoms with Gasteiger partial charge < -0.3 is 5.32 Å². The highest BCUT2D eigenvalue weighted by atomic mass is 32.2. The number of hydrogen-bond donors (Lipinski definition) is 1. The van der Waals surface area contributed by atoms with Crippen LogP contribution < -0.4 is 5.32 Å². The minimum Gasteiger partial charge on any atom is -0.303 e. The van der Waals surface area contributed by atoms with Crippen LogP contribution in [0.3, 0.4) is 0 Å². The Kier molecular flexibility index (Phi) is 3.66. The lowest BCUT2D eigenvalue weighted by Gasteiger charge is -1.97. The summed E-state index contributed by atoms with van der Waals surface area (Å²) in [5, 5.41) is 9.77. The van der Waals surface area contributed by atoms with Crippen molar-refractivity contribution in [3.05, 3.63) is 35.1 Å². The molecule has 1 saturated heterocycles. The number of amides is 1. The van der Waals surface area contributed by atoms with E-state index >= 15 is 0 Å². The molecule has 1 aromatic carbocycles. The predicted molar refractivity (Wildman–Crippen MR) is 61.9 cm³/mol. The molecule has 0 aliphatic carbocycles. The molecule has 1 amide bonds. The SMILES string of the molecule is O=C1CSC(=NN=Cc2cc(F)c(F)cc2F)N1. The Hall–Kier alpha value is -1.83. The maximum atomic E-state index is 13.2. The molecule has 1 fully saturated rings. The van der Waals surface area contributed by atoms with Crippen LogP contribution in [0, 0.1) is 17.5 Å². The summed E-state index contributed by atoms with van der Waals surface area (Å²) < 4.78 is 38.6. The second-order valence-electron chi connectivity index (χ2n) is 3.27. The van der Waals surface area contributed by atoms with Gasteiger partial charge in [-0.05, 0) is 6.07 Å². The quantitative estimate of drug-likeness (QED) is 0.506. The first-order valence-electron chi connectivity index (χ1n) is 4.74. The number of carbonyl (C=O) groups is 1. The molecule has 1 aliphatic heterocycles. The van der Waals surface area contributed by atoms with Gasteiger partial charge in [0.1, 0.15) is 5.82 Å². The van der Waals surface area contributed by atoms with Crippen LogP contribution in [0.5, 0.6) is 0 Å². The third-order valence-electron chi connectivity index (χ3n) is 1.97. The molecule has 2 rings (SSSR count). The molecule has 1 aliphatic rings. The average Bonchev–Trinajstić information content (AvgIpc) is 2.71. The van der Waals surface area contributed by atoms with Crippen molar-refractivity contribution in [3.8, 4) is 0 Å². The first kappa shape index (κ1) is 12.6. The lowest BCUT2D eigenvalue weighted by atomic mass is 10.2. The van der Waals surface area contributed by atoms with Gasteiger partial charge >= 0.3 is 0 Å². The number of benzene rings is 1. The fourth-order valence-corrected chi connectivity index (χ4v) is 1.79. The maximum Gasteiger partial charge on any atom is 0.236 e.